The third kappa shape index (κ3) is 4.99. The lowest BCUT2D eigenvalue weighted by Gasteiger charge is -2.24. The van der Waals surface area contributed by atoms with Crippen LogP contribution in [0.25, 0.3) is 0 Å². The van der Waals surface area contributed by atoms with Gasteiger partial charge in [0.05, 0.1) is 5.92 Å². The van der Waals surface area contributed by atoms with Crippen molar-refractivity contribution in [2.75, 3.05) is 23.8 Å². The molecule has 1 heterocycles. The van der Waals surface area contributed by atoms with E-state index in [1.807, 2.05) is 0 Å². The quantitative estimate of drug-likeness (QED) is 0.628. The Morgan fingerprint density at radius 3 is 2.77 bits per heavy atom. The Kier molecular flexibility index (Phi) is 6.41. The fraction of sp³-hybridized carbons (Fsp3) is 0.238. The van der Waals surface area contributed by atoms with Gasteiger partial charge in [0, 0.05) is 29.9 Å². The van der Waals surface area contributed by atoms with Gasteiger partial charge in [0.15, 0.2) is 6.61 Å². The molecule has 0 radical (unpaired) electrons. The number of halogens is 1. The van der Waals surface area contributed by atoms with Gasteiger partial charge in [-0.2, -0.15) is 0 Å². The van der Waals surface area contributed by atoms with E-state index in [1.54, 1.807) is 25.1 Å². The van der Waals surface area contributed by atoms with Gasteiger partial charge in [-0.15, -0.1) is 0 Å². The third-order valence-corrected chi connectivity index (χ3v) is 4.43. The second-order valence-corrected chi connectivity index (χ2v) is 6.63. The van der Waals surface area contributed by atoms with E-state index >= 15 is 0 Å². The van der Waals surface area contributed by atoms with Crippen LogP contribution in [0.2, 0.25) is 0 Å². The zero-order valence-corrected chi connectivity index (χ0v) is 16.2. The molecule has 8 nitrogen and oxygen atoms in total. The lowest BCUT2D eigenvalue weighted by atomic mass is 9.90. The largest absolute Gasteiger partial charge is 0.455 e. The molecule has 1 aliphatic heterocycles. The van der Waals surface area contributed by atoms with Gasteiger partial charge < -0.3 is 20.7 Å². The van der Waals surface area contributed by atoms with Crippen molar-refractivity contribution in [2.24, 2.45) is 0 Å². The fourth-order valence-electron chi connectivity index (χ4n) is 3.08. The van der Waals surface area contributed by atoms with Crippen molar-refractivity contribution in [3.63, 3.8) is 0 Å². The summed E-state index contributed by atoms with van der Waals surface area (Å²) in [7, 11) is 0. The second-order valence-electron chi connectivity index (χ2n) is 6.63. The van der Waals surface area contributed by atoms with Crippen molar-refractivity contribution < 1.29 is 28.3 Å². The van der Waals surface area contributed by atoms with Gasteiger partial charge in [0.2, 0.25) is 5.91 Å². The number of amides is 3. The van der Waals surface area contributed by atoms with E-state index in [9.17, 15) is 23.6 Å². The van der Waals surface area contributed by atoms with E-state index in [4.69, 9.17) is 4.74 Å². The first-order valence-electron chi connectivity index (χ1n) is 9.31. The van der Waals surface area contributed by atoms with Crippen molar-refractivity contribution in [3.8, 4) is 0 Å². The molecule has 2 aromatic carbocycles. The monoisotopic (exact) mass is 413 g/mol. The van der Waals surface area contributed by atoms with Crippen LogP contribution in [0.5, 0.6) is 0 Å². The van der Waals surface area contributed by atoms with Crippen molar-refractivity contribution in [3.05, 3.63) is 59.4 Å². The first kappa shape index (κ1) is 21.0. The SMILES string of the molecule is CCNC(=O)c1cccc(NC(=O)COC(=O)C2CC(=O)Nc3cc(F)ccc32)c1. The summed E-state index contributed by atoms with van der Waals surface area (Å²) in [6, 6.07) is 10.0. The molecule has 3 N–H and O–H groups in total. The number of anilines is 2. The Hall–Kier alpha value is -3.75. The Morgan fingerprint density at radius 2 is 2.00 bits per heavy atom. The first-order chi connectivity index (χ1) is 14.4. The topological polar surface area (TPSA) is 114 Å². The third-order valence-electron chi connectivity index (χ3n) is 4.43. The van der Waals surface area contributed by atoms with E-state index in [2.05, 4.69) is 16.0 Å². The molecule has 2 aromatic rings. The summed E-state index contributed by atoms with van der Waals surface area (Å²) >= 11 is 0. The number of rotatable bonds is 6. The molecule has 30 heavy (non-hydrogen) atoms. The number of carbonyl (C=O) groups excluding carboxylic acids is 4. The summed E-state index contributed by atoms with van der Waals surface area (Å²) in [6.45, 7) is 1.70. The maximum atomic E-state index is 13.4. The molecule has 1 atom stereocenters. The fourth-order valence-corrected chi connectivity index (χ4v) is 3.08. The van der Waals surface area contributed by atoms with Crippen LogP contribution >= 0.6 is 0 Å². The zero-order valence-electron chi connectivity index (χ0n) is 16.2. The Bertz CT molecular complexity index is 1010. The summed E-state index contributed by atoms with van der Waals surface area (Å²) in [5, 5.41) is 7.71. The molecular weight excluding hydrogens is 393 g/mol. The van der Waals surface area contributed by atoms with Gasteiger partial charge in [-0.3, -0.25) is 19.2 Å². The van der Waals surface area contributed by atoms with E-state index < -0.39 is 36.1 Å². The highest BCUT2D eigenvalue weighted by molar-refractivity contribution is 6.01. The lowest BCUT2D eigenvalue weighted by Crippen LogP contribution is -2.30. The van der Waals surface area contributed by atoms with Gasteiger partial charge in [0.25, 0.3) is 11.8 Å². The molecule has 0 bridgehead atoms. The molecule has 9 heteroatoms. The summed E-state index contributed by atoms with van der Waals surface area (Å²) < 4.78 is 18.4. The summed E-state index contributed by atoms with van der Waals surface area (Å²) in [4.78, 5) is 48.3. The van der Waals surface area contributed by atoms with Crippen LogP contribution in [0.4, 0.5) is 15.8 Å². The van der Waals surface area contributed by atoms with Crippen LogP contribution < -0.4 is 16.0 Å². The Labute approximate surface area is 171 Å². The molecule has 0 aliphatic carbocycles. The molecule has 0 spiro atoms. The summed E-state index contributed by atoms with van der Waals surface area (Å²) in [5.41, 5.74) is 1.39. The molecule has 0 fully saturated rings. The number of benzene rings is 2. The number of ether oxygens (including phenoxy) is 1. The van der Waals surface area contributed by atoms with Gasteiger partial charge in [0.1, 0.15) is 5.82 Å². The molecular formula is C21H20FN3O5. The number of fused-ring (bicyclic) bond motifs is 1. The predicted molar refractivity (Wildman–Crippen MR) is 106 cm³/mol. The molecule has 156 valence electrons. The van der Waals surface area contributed by atoms with E-state index in [-0.39, 0.29) is 18.0 Å². The van der Waals surface area contributed by atoms with Gasteiger partial charge in [-0.1, -0.05) is 12.1 Å². The second kappa shape index (κ2) is 9.17. The van der Waals surface area contributed by atoms with Crippen LogP contribution in [0.15, 0.2) is 42.5 Å². The summed E-state index contributed by atoms with van der Waals surface area (Å²) in [5.74, 6) is -3.55. The highest BCUT2D eigenvalue weighted by atomic mass is 19.1. The number of nitrogens with one attached hydrogen (secondary N) is 3. The standard InChI is InChI=1S/C21H20FN3O5/c1-2-23-20(28)12-4-3-5-14(8-12)24-19(27)11-30-21(29)16-10-18(26)25-17-9-13(22)6-7-15(16)17/h3-9,16H,2,10-11H2,1H3,(H,23,28)(H,24,27)(H,25,26). The highest BCUT2D eigenvalue weighted by Crippen LogP contribution is 2.33. The van der Waals surface area contributed by atoms with Crippen LogP contribution in [0.3, 0.4) is 0 Å². The number of carbonyl (C=O) groups is 4. The predicted octanol–water partition coefficient (Wildman–Crippen LogP) is 2.18. The van der Waals surface area contributed by atoms with Crippen molar-refractivity contribution in [2.45, 2.75) is 19.3 Å². The van der Waals surface area contributed by atoms with Gasteiger partial charge in [-0.05, 0) is 42.8 Å². The zero-order chi connectivity index (χ0) is 21.7. The summed E-state index contributed by atoms with van der Waals surface area (Å²) in [6.07, 6.45) is -0.159. The van der Waals surface area contributed by atoms with Crippen LogP contribution in [-0.2, 0) is 19.1 Å². The molecule has 0 aromatic heterocycles. The molecule has 3 rings (SSSR count). The molecule has 0 saturated heterocycles. The van der Waals surface area contributed by atoms with Crippen LogP contribution in [0, 0.1) is 5.82 Å². The van der Waals surface area contributed by atoms with E-state index in [0.717, 1.165) is 6.07 Å². The van der Waals surface area contributed by atoms with Crippen molar-refractivity contribution in [1.82, 2.24) is 5.32 Å². The number of hydrogen-bond acceptors (Lipinski definition) is 5. The molecule has 1 aliphatic rings. The minimum atomic E-state index is -0.928. The van der Waals surface area contributed by atoms with Crippen LogP contribution in [-0.4, -0.2) is 36.8 Å². The minimum absolute atomic E-state index is 0.159. The normalized spacial score (nSPS) is 14.9. The molecule has 1 unspecified atom stereocenters. The van der Waals surface area contributed by atoms with E-state index in [1.165, 1.54) is 18.2 Å². The number of esters is 1. The molecule has 0 saturated carbocycles. The lowest BCUT2D eigenvalue weighted by molar-refractivity contribution is -0.149. The minimum Gasteiger partial charge on any atom is -0.455 e. The van der Waals surface area contributed by atoms with Crippen molar-refractivity contribution >= 4 is 35.1 Å². The van der Waals surface area contributed by atoms with Gasteiger partial charge >= 0.3 is 5.97 Å². The maximum Gasteiger partial charge on any atom is 0.314 e. The Morgan fingerprint density at radius 1 is 1.20 bits per heavy atom. The van der Waals surface area contributed by atoms with Crippen LogP contribution in [0.1, 0.15) is 35.2 Å². The average Bonchev–Trinajstić information content (AvgIpc) is 2.71. The average molecular weight is 413 g/mol. The smallest absolute Gasteiger partial charge is 0.314 e. The van der Waals surface area contributed by atoms with Gasteiger partial charge in [-0.25, -0.2) is 4.39 Å². The molecule has 3 amide bonds. The number of hydrogen-bond donors (Lipinski definition) is 3. The van der Waals surface area contributed by atoms with Crippen molar-refractivity contribution in [1.29, 1.82) is 0 Å². The first-order valence-corrected chi connectivity index (χ1v) is 9.31. The maximum absolute atomic E-state index is 13.4. The highest BCUT2D eigenvalue weighted by Gasteiger charge is 2.32. The Balaban J connectivity index is 1.60. The van der Waals surface area contributed by atoms with E-state index in [0.29, 0.717) is 23.4 Å².